The highest BCUT2D eigenvalue weighted by atomic mass is 35.5. The zero-order valence-corrected chi connectivity index (χ0v) is 24.2. The molecule has 0 aliphatic carbocycles. The first kappa shape index (κ1) is 29.0. The summed E-state index contributed by atoms with van der Waals surface area (Å²) >= 11 is 6.02. The van der Waals surface area contributed by atoms with Crippen LogP contribution in [0.3, 0.4) is 0 Å². The maximum Gasteiger partial charge on any atom is 0.316 e. The van der Waals surface area contributed by atoms with Crippen molar-refractivity contribution in [1.82, 2.24) is 19.9 Å². The predicted octanol–water partition coefficient (Wildman–Crippen LogP) is 4.91. The molecule has 1 aromatic heterocycles. The number of rotatable bonds is 9. The number of nitrogens with one attached hydrogen (secondary N) is 3. The van der Waals surface area contributed by atoms with Gasteiger partial charge in [0.25, 0.3) is 15.9 Å². The molecule has 1 heterocycles. The standard InChI is InChI=1S/C29H31ClN4O5S/c1-18(23-17-32-25-12-9-19(15-22(23)25)13-14-31-29(36)34(2)3)21-11-10-20(16-26(21)39-4)28(35)33-40(37,38)27-8-6-5-7-24(27)30/h5-12,15-18,32H,13-14H2,1-4H3,(H,31,36)(H,33,35). The fourth-order valence-corrected chi connectivity index (χ4v) is 5.95. The SMILES string of the molecule is COc1cc(C(=O)NS(=O)(=O)c2ccccc2Cl)ccc1C(C)c1c[nH]c2ccc(CCNC(=O)N(C)C)cc12. The van der Waals surface area contributed by atoms with E-state index in [1.54, 1.807) is 32.3 Å². The van der Waals surface area contributed by atoms with Crippen molar-refractivity contribution in [2.75, 3.05) is 27.7 Å². The number of benzene rings is 3. The zero-order chi connectivity index (χ0) is 29.0. The van der Waals surface area contributed by atoms with E-state index in [1.807, 2.05) is 25.3 Å². The number of amides is 3. The van der Waals surface area contributed by atoms with Gasteiger partial charge in [0.2, 0.25) is 0 Å². The van der Waals surface area contributed by atoms with Crippen LogP contribution in [0.4, 0.5) is 4.79 Å². The van der Waals surface area contributed by atoms with Gasteiger partial charge in [-0.1, -0.05) is 42.8 Å². The van der Waals surface area contributed by atoms with Gasteiger partial charge in [0.1, 0.15) is 10.6 Å². The predicted molar refractivity (Wildman–Crippen MR) is 156 cm³/mol. The lowest BCUT2D eigenvalue weighted by Gasteiger charge is -2.17. The molecule has 1 atom stereocenters. The summed E-state index contributed by atoms with van der Waals surface area (Å²) in [6, 6.07) is 16.8. The van der Waals surface area contributed by atoms with Crippen LogP contribution < -0.4 is 14.8 Å². The Morgan fingerprint density at radius 2 is 1.80 bits per heavy atom. The second kappa shape index (κ2) is 12.0. The number of hydrogen-bond donors (Lipinski definition) is 3. The van der Waals surface area contributed by atoms with Gasteiger partial charge in [-0.15, -0.1) is 0 Å². The number of fused-ring (bicyclic) bond motifs is 1. The van der Waals surface area contributed by atoms with Gasteiger partial charge in [0, 0.05) is 54.8 Å². The molecule has 4 rings (SSSR count). The summed E-state index contributed by atoms with van der Waals surface area (Å²) in [4.78, 5) is 29.3. The Bertz CT molecular complexity index is 1670. The van der Waals surface area contributed by atoms with Crippen molar-refractivity contribution in [3.8, 4) is 5.75 Å². The zero-order valence-electron chi connectivity index (χ0n) is 22.6. The first-order chi connectivity index (χ1) is 19.0. The number of aromatic nitrogens is 1. The summed E-state index contributed by atoms with van der Waals surface area (Å²) in [6.07, 6.45) is 2.63. The highest BCUT2D eigenvalue weighted by Crippen LogP contribution is 2.36. The van der Waals surface area contributed by atoms with E-state index >= 15 is 0 Å². The number of H-pyrrole nitrogens is 1. The molecule has 3 aromatic carbocycles. The Morgan fingerprint density at radius 3 is 2.50 bits per heavy atom. The van der Waals surface area contributed by atoms with Gasteiger partial charge in [-0.3, -0.25) is 4.79 Å². The average Bonchev–Trinajstić information content (AvgIpc) is 3.35. The maximum atomic E-state index is 12.9. The van der Waals surface area contributed by atoms with Crippen LogP contribution in [0.2, 0.25) is 5.02 Å². The summed E-state index contributed by atoms with van der Waals surface area (Å²) in [7, 11) is 0.735. The summed E-state index contributed by atoms with van der Waals surface area (Å²) in [6.45, 7) is 2.55. The van der Waals surface area contributed by atoms with E-state index in [1.165, 1.54) is 36.3 Å². The first-order valence-corrected chi connectivity index (χ1v) is 14.4. The molecule has 4 aromatic rings. The van der Waals surface area contributed by atoms with Crippen LogP contribution in [0.15, 0.2) is 71.8 Å². The van der Waals surface area contributed by atoms with E-state index in [0.29, 0.717) is 18.7 Å². The molecular formula is C29H31ClN4O5S. The lowest BCUT2D eigenvalue weighted by atomic mass is 9.90. The molecule has 3 N–H and O–H groups in total. The Balaban J connectivity index is 1.56. The third-order valence-corrected chi connectivity index (χ3v) is 8.49. The van der Waals surface area contributed by atoms with Gasteiger partial charge < -0.3 is 19.9 Å². The molecule has 210 valence electrons. The van der Waals surface area contributed by atoms with Crippen molar-refractivity contribution in [2.24, 2.45) is 0 Å². The van der Waals surface area contributed by atoms with Crippen LogP contribution in [0.5, 0.6) is 5.75 Å². The number of urea groups is 1. The molecule has 0 radical (unpaired) electrons. The molecule has 0 saturated carbocycles. The number of carbonyl (C=O) groups is 2. The molecule has 0 aliphatic rings. The summed E-state index contributed by atoms with van der Waals surface area (Å²) in [5, 5.41) is 3.94. The topological polar surface area (TPSA) is 121 Å². The van der Waals surface area contributed by atoms with Crippen LogP contribution >= 0.6 is 11.6 Å². The lowest BCUT2D eigenvalue weighted by molar-refractivity contribution is 0.0981. The first-order valence-electron chi connectivity index (χ1n) is 12.6. The van der Waals surface area contributed by atoms with Crippen molar-refractivity contribution in [1.29, 1.82) is 0 Å². The molecule has 0 bridgehead atoms. The number of sulfonamides is 1. The molecule has 1 unspecified atom stereocenters. The van der Waals surface area contributed by atoms with Gasteiger partial charge in [0.15, 0.2) is 0 Å². The molecule has 0 fully saturated rings. The normalized spacial score (nSPS) is 12.1. The third kappa shape index (κ3) is 6.24. The number of carbonyl (C=O) groups excluding carboxylic acids is 2. The number of aromatic amines is 1. The summed E-state index contributed by atoms with van der Waals surface area (Å²) in [5.74, 6) is -0.459. The van der Waals surface area contributed by atoms with Crippen molar-refractivity contribution in [3.05, 3.63) is 94.1 Å². The molecule has 40 heavy (non-hydrogen) atoms. The monoisotopic (exact) mass is 582 g/mol. The number of ether oxygens (including phenoxy) is 1. The second-order valence-electron chi connectivity index (χ2n) is 9.54. The van der Waals surface area contributed by atoms with Gasteiger partial charge in [-0.25, -0.2) is 17.9 Å². The third-order valence-electron chi connectivity index (χ3n) is 6.66. The smallest absolute Gasteiger partial charge is 0.316 e. The van der Waals surface area contributed by atoms with Crippen LogP contribution in [-0.2, 0) is 16.4 Å². The minimum absolute atomic E-state index is 0.0183. The molecule has 0 spiro atoms. The van der Waals surface area contributed by atoms with E-state index in [2.05, 4.69) is 21.1 Å². The van der Waals surface area contributed by atoms with E-state index in [4.69, 9.17) is 16.3 Å². The van der Waals surface area contributed by atoms with E-state index < -0.39 is 15.9 Å². The molecule has 0 saturated heterocycles. The average molecular weight is 583 g/mol. The Kier molecular flexibility index (Phi) is 8.70. The number of hydrogen-bond acceptors (Lipinski definition) is 5. The van der Waals surface area contributed by atoms with Crippen molar-refractivity contribution < 1.29 is 22.7 Å². The lowest BCUT2D eigenvalue weighted by Crippen LogP contribution is -2.35. The fourth-order valence-electron chi connectivity index (χ4n) is 4.45. The minimum atomic E-state index is -4.17. The largest absolute Gasteiger partial charge is 0.496 e. The van der Waals surface area contributed by atoms with Gasteiger partial charge in [-0.2, -0.15) is 0 Å². The van der Waals surface area contributed by atoms with Crippen LogP contribution in [-0.4, -0.2) is 58.0 Å². The van der Waals surface area contributed by atoms with Crippen molar-refractivity contribution >= 4 is 44.5 Å². The van der Waals surface area contributed by atoms with Crippen LogP contribution in [0.1, 0.15) is 39.9 Å². The summed E-state index contributed by atoms with van der Waals surface area (Å²) < 4.78 is 33.1. The molecule has 9 nitrogen and oxygen atoms in total. The van der Waals surface area contributed by atoms with E-state index in [0.717, 1.165) is 27.6 Å². The Morgan fingerprint density at radius 1 is 1.05 bits per heavy atom. The van der Waals surface area contributed by atoms with E-state index in [-0.39, 0.29) is 27.4 Å². The highest BCUT2D eigenvalue weighted by molar-refractivity contribution is 7.90. The van der Waals surface area contributed by atoms with Crippen LogP contribution in [0.25, 0.3) is 10.9 Å². The highest BCUT2D eigenvalue weighted by Gasteiger charge is 2.23. The molecule has 0 aliphatic heterocycles. The minimum Gasteiger partial charge on any atom is -0.496 e. The molecule has 11 heteroatoms. The van der Waals surface area contributed by atoms with Crippen molar-refractivity contribution in [3.63, 3.8) is 0 Å². The Labute approximate surface area is 238 Å². The molecular weight excluding hydrogens is 552 g/mol. The number of nitrogens with zero attached hydrogens (tertiary/aromatic N) is 1. The van der Waals surface area contributed by atoms with Crippen molar-refractivity contribution in [2.45, 2.75) is 24.2 Å². The Hall–Kier alpha value is -4.02. The second-order valence-corrected chi connectivity index (χ2v) is 11.6. The van der Waals surface area contributed by atoms with Gasteiger partial charge in [0.05, 0.1) is 12.1 Å². The summed E-state index contributed by atoms with van der Waals surface area (Å²) in [5.41, 5.74) is 4.05. The van der Waals surface area contributed by atoms with E-state index in [9.17, 15) is 18.0 Å². The van der Waals surface area contributed by atoms with Crippen LogP contribution in [0, 0.1) is 0 Å². The fraction of sp³-hybridized carbons (Fsp3) is 0.241. The maximum absolute atomic E-state index is 12.9. The molecule has 3 amide bonds. The number of methoxy groups -OCH3 is 1. The number of halogens is 1. The van der Waals surface area contributed by atoms with Gasteiger partial charge >= 0.3 is 6.03 Å². The quantitative estimate of drug-likeness (QED) is 0.259. The van der Waals surface area contributed by atoms with Gasteiger partial charge in [-0.05, 0) is 53.9 Å².